The van der Waals surface area contributed by atoms with Gasteiger partial charge in [-0.05, 0) is 18.9 Å². The van der Waals surface area contributed by atoms with Crippen molar-refractivity contribution in [3.63, 3.8) is 0 Å². The summed E-state index contributed by atoms with van der Waals surface area (Å²) in [6.07, 6.45) is 8.70. The number of piperazine rings is 1. The quantitative estimate of drug-likeness (QED) is 0.901. The van der Waals surface area contributed by atoms with E-state index in [-0.39, 0.29) is 0 Å². The summed E-state index contributed by atoms with van der Waals surface area (Å²) in [4.78, 5) is 11.7. The van der Waals surface area contributed by atoms with Gasteiger partial charge >= 0.3 is 0 Å². The Bertz CT molecular complexity index is 395. The van der Waals surface area contributed by atoms with Crippen molar-refractivity contribution in [2.24, 2.45) is 0 Å². The molecule has 0 amide bonds. The molecule has 4 heteroatoms. The second-order valence-corrected chi connectivity index (χ2v) is 5.76. The van der Waals surface area contributed by atoms with Gasteiger partial charge in [0.1, 0.15) is 5.82 Å². The average molecular weight is 260 g/mol. The van der Waals surface area contributed by atoms with Crippen LogP contribution in [-0.2, 0) is 6.54 Å². The molecule has 1 saturated heterocycles. The third kappa shape index (κ3) is 3.51. The molecule has 2 fully saturated rings. The molecule has 0 bridgehead atoms. The van der Waals surface area contributed by atoms with Crippen molar-refractivity contribution in [3.8, 4) is 0 Å². The van der Waals surface area contributed by atoms with Crippen LogP contribution in [0.25, 0.3) is 0 Å². The van der Waals surface area contributed by atoms with Gasteiger partial charge in [-0.1, -0.05) is 19.3 Å². The first kappa shape index (κ1) is 13.0. The lowest BCUT2D eigenvalue weighted by atomic mass is 9.87. The zero-order chi connectivity index (χ0) is 12.9. The monoisotopic (exact) mass is 260 g/mol. The molecular formula is C15H24N4. The van der Waals surface area contributed by atoms with Gasteiger partial charge in [-0.3, -0.25) is 4.90 Å². The molecule has 4 nitrogen and oxygen atoms in total. The number of hydrogen-bond acceptors (Lipinski definition) is 4. The fourth-order valence-corrected chi connectivity index (χ4v) is 3.19. The number of aromatic nitrogens is 2. The molecule has 104 valence electrons. The van der Waals surface area contributed by atoms with Crippen LogP contribution in [0.3, 0.4) is 0 Å². The summed E-state index contributed by atoms with van der Waals surface area (Å²) in [6, 6.07) is 2.12. The third-order valence-corrected chi connectivity index (χ3v) is 4.33. The molecule has 19 heavy (non-hydrogen) atoms. The minimum Gasteiger partial charge on any atom is -0.314 e. The third-order valence-electron chi connectivity index (χ3n) is 4.33. The maximum atomic E-state index is 4.82. The second-order valence-electron chi connectivity index (χ2n) is 5.76. The van der Waals surface area contributed by atoms with Gasteiger partial charge in [0.2, 0.25) is 0 Å². The molecule has 1 saturated carbocycles. The first-order valence-corrected chi connectivity index (χ1v) is 7.67. The summed E-state index contributed by atoms with van der Waals surface area (Å²) in [7, 11) is 0. The van der Waals surface area contributed by atoms with Crippen LogP contribution < -0.4 is 5.32 Å². The van der Waals surface area contributed by atoms with Crippen LogP contribution in [0.1, 0.15) is 49.5 Å². The normalized spacial score (nSPS) is 22.5. The molecule has 0 aromatic carbocycles. The maximum Gasteiger partial charge on any atom is 0.142 e. The van der Waals surface area contributed by atoms with E-state index in [4.69, 9.17) is 4.98 Å². The van der Waals surface area contributed by atoms with Crippen LogP contribution in [0, 0.1) is 0 Å². The van der Waals surface area contributed by atoms with Crippen molar-refractivity contribution >= 4 is 0 Å². The molecule has 0 atom stereocenters. The zero-order valence-electron chi connectivity index (χ0n) is 11.6. The predicted octanol–water partition coefficient (Wildman–Crippen LogP) is 1.93. The van der Waals surface area contributed by atoms with Crippen LogP contribution in [0.4, 0.5) is 0 Å². The van der Waals surface area contributed by atoms with E-state index in [1.54, 1.807) is 0 Å². The van der Waals surface area contributed by atoms with Gasteiger partial charge in [0.25, 0.3) is 0 Å². The minimum atomic E-state index is 0.679. The van der Waals surface area contributed by atoms with Crippen molar-refractivity contribution in [3.05, 3.63) is 23.8 Å². The summed E-state index contributed by atoms with van der Waals surface area (Å²) in [6.45, 7) is 5.29. The largest absolute Gasteiger partial charge is 0.314 e. The van der Waals surface area contributed by atoms with E-state index < -0.39 is 0 Å². The molecule has 0 unspecified atom stereocenters. The molecule has 1 N–H and O–H groups in total. The Morgan fingerprint density at radius 2 is 1.95 bits per heavy atom. The molecule has 1 aromatic rings. The Labute approximate surface area is 115 Å². The van der Waals surface area contributed by atoms with Gasteiger partial charge in [0, 0.05) is 44.0 Å². The van der Waals surface area contributed by atoms with Gasteiger partial charge in [-0.25, -0.2) is 9.97 Å². The van der Waals surface area contributed by atoms with E-state index in [9.17, 15) is 0 Å². The first-order valence-electron chi connectivity index (χ1n) is 7.67. The van der Waals surface area contributed by atoms with Crippen molar-refractivity contribution < 1.29 is 0 Å². The van der Waals surface area contributed by atoms with Crippen LogP contribution >= 0.6 is 0 Å². The van der Waals surface area contributed by atoms with Crippen LogP contribution in [0.2, 0.25) is 0 Å². The molecule has 3 rings (SSSR count). The highest BCUT2D eigenvalue weighted by atomic mass is 15.2. The minimum absolute atomic E-state index is 0.679. The van der Waals surface area contributed by atoms with E-state index >= 15 is 0 Å². The van der Waals surface area contributed by atoms with Crippen molar-refractivity contribution in [2.45, 2.75) is 44.6 Å². The lowest BCUT2D eigenvalue weighted by Gasteiger charge is -2.27. The summed E-state index contributed by atoms with van der Waals surface area (Å²) in [5.41, 5.74) is 1.28. The molecule has 1 aliphatic carbocycles. The SMILES string of the molecule is c1cc(C2CCCCC2)nc(CN2CCNCC2)n1. The van der Waals surface area contributed by atoms with Crippen molar-refractivity contribution in [1.82, 2.24) is 20.2 Å². The number of nitrogens with one attached hydrogen (secondary N) is 1. The predicted molar refractivity (Wildman–Crippen MR) is 76.0 cm³/mol. The van der Waals surface area contributed by atoms with Crippen LogP contribution in [0.15, 0.2) is 12.3 Å². The smallest absolute Gasteiger partial charge is 0.142 e. The van der Waals surface area contributed by atoms with Crippen molar-refractivity contribution in [2.75, 3.05) is 26.2 Å². The highest BCUT2D eigenvalue weighted by Crippen LogP contribution is 2.31. The van der Waals surface area contributed by atoms with Gasteiger partial charge in [-0.2, -0.15) is 0 Å². The summed E-state index contributed by atoms with van der Waals surface area (Å²) in [5, 5.41) is 3.38. The molecule has 1 aliphatic heterocycles. The Morgan fingerprint density at radius 1 is 1.16 bits per heavy atom. The van der Waals surface area contributed by atoms with E-state index in [2.05, 4.69) is 21.3 Å². The fourth-order valence-electron chi connectivity index (χ4n) is 3.19. The summed E-state index contributed by atoms with van der Waals surface area (Å²) < 4.78 is 0. The molecular weight excluding hydrogens is 236 g/mol. The average Bonchev–Trinajstić information content (AvgIpc) is 2.49. The van der Waals surface area contributed by atoms with Crippen molar-refractivity contribution in [1.29, 1.82) is 0 Å². The van der Waals surface area contributed by atoms with E-state index in [0.717, 1.165) is 38.5 Å². The van der Waals surface area contributed by atoms with Gasteiger partial charge < -0.3 is 5.32 Å². The Kier molecular flexibility index (Phi) is 4.41. The maximum absolute atomic E-state index is 4.82. The Balaban J connectivity index is 1.64. The van der Waals surface area contributed by atoms with E-state index in [1.165, 1.54) is 37.8 Å². The summed E-state index contributed by atoms with van der Waals surface area (Å²) in [5.74, 6) is 1.68. The van der Waals surface area contributed by atoms with Gasteiger partial charge in [0.05, 0.1) is 6.54 Å². The lowest BCUT2D eigenvalue weighted by Crippen LogP contribution is -2.43. The van der Waals surface area contributed by atoms with Gasteiger partial charge in [-0.15, -0.1) is 0 Å². The molecule has 1 aromatic heterocycles. The van der Waals surface area contributed by atoms with E-state index in [1.807, 2.05) is 6.20 Å². The molecule has 2 heterocycles. The molecule has 0 radical (unpaired) electrons. The second kappa shape index (κ2) is 6.44. The number of rotatable bonds is 3. The number of nitrogens with zero attached hydrogens (tertiary/aromatic N) is 3. The summed E-state index contributed by atoms with van der Waals surface area (Å²) >= 11 is 0. The first-order chi connectivity index (χ1) is 9.42. The number of hydrogen-bond donors (Lipinski definition) is 1. The highest BCUT2D eigenvalue weighted by molar-refractivity contribution is 5.09. The van der Waals surface area contributed by atoms with Gasteiger partial charge in [0.15, 0.2) is 0 Å². The highest BCUT2D eigenvalue weighted by Gasteiger charge is 2.18. The van der Waals surface area contributed by atoms with Crippen LogP contribution in [-0.4, -0.2) is 41.0 Å². The zero-order valence-corrected chi connectivity index (χ0v) is 11.6. The lowest BCUT2D eigenvalue weighted by molar-refractivity contribution is 0.227. The Morgan fingerprint density at radius 3 is 2.74 bits per heavy atom. The van der Waals surface area contributed by atoms with Crippen LogP contribution in [0.5, 0.6) is 0 Å². The topological polar surface area (TPSA) is 41.1 Å². The standard InChI is InChI=1S/C15H24N4/c1-2-4-13(5-3-1)14-6-7-17-15(18-14)12-19-10-8-16-9-11-19/h6-7,13,16H,1-5,8-12H2. The fraction of sp³-hybridized carbons (Fsp3) is 0.733. The van der Waals surface area contributed by atoms with E-state index in [0.29, 0.717) is 5.92 Å². The Hall–Kier alpha value is -1.00. The molecule has 2 aliphatic rings. The molecule has 0 spiro atoms.